The van der Waals surface area contributed by atoms with Crippen molar-refractivity contribution in [3.05, 3.63) is 17.3 Å². The van der Waals surface area contributed by atoms with Crippen LogP contribution in [0.2, 0.25) is 0 Å². The van der Waals surface area contributed by atoms with E-state index in [1.54, 1.807) is 6.08 Å². The minimum atomic E-state index is -0.938. The van der Waals surface area contributed by atoms with Gasteiger partial charge in [-0.1, -0.05) is 13.8 Å². The van der Waals surface area contributed by atoms with Crippen molar-refractivity contribution in [1.82, 2.24) is 9.78 Å². The highest BCUT2D eigenvalue weighted by Gasteiger charge is 2.16. The zero-order valence-corrected chi connectivity index (χ0v) is 12.2. The van der Waals surface area contributed by atoms with Gasteiger partial charge in [-0.25, -0.2) is 4.79 Å². The van der Waals surface area contributed by atoms with Crippen molar-refractivity contribution in [2.45, 2.75) is 33.6 Å². The molecule has 1 aromatic heterocycles. The molecule has 0 saturated heterocycles. The Morgan fingerprint density at radius 3 is 2.42 bits per heavy atom. The van der Waals surface area contributed by atoms with Crippen molar-refractivity contribution in [3.8, 4) is 0 Å². The molecule has 0 aliphatic carbocycles. The molecule has 0 aromatic carbocycles. The van der Waals surface area contributed by atoms with Gasteiger partial charge in [-0.05, 0) is 25.8 Å². The molecule has 1 aromatic rings. The smallest absolute Gasteiger partial charge is 0.328 e. The summed E-state index contributed by atoms with van der Waals surface area (Å²) in [6.45, 7) is 8.07. The molecule has 0 amide bonds. The molecule has 1 rings (SSSR count). The fourth-order valence-electron chi connectivity index (χ4n) is 2.25. The number of hydrogen-bond acceptors (Lipinski definition) is 3. The number of rotatable bonds is 7. The van der Waals surface area contributed by atoms with E-state index in [0.717, 1.165) is 43.0 Å². The molecule has 5 nitrogen and oxygen atoms in total. The van der Waals surface area contributed by atoms with E-state index in [0.29, 0.717) is 0 Å². The molecular weight excluding hydrogens is 242 g/mol. The Balaban J connectivity index is 3.19. The van der Waals surface area contributed by atoms with Crippen LogP contribution in [0, 0.1) is 6.92 Å². The topological polar surface area (TPSA) is 58.4 Å². The molecule has 5 heteroatoms. The van der Waals surface area contributed by atoms with Gasteiger partial charge in [0.1, 0.15) is 5.82 Å². The summed E-state index contributed by atoms with van der Waals surface area (Å²) in [5, 5.41) is 13.2. The summed E-state index contributed by atoms with van der Waals surface area (Å²) in [6, 6.07) is 0. The average molecular weight is 265 g/mol. The highest BCUT2D eigenvalue weighted by atomic mass is 16.4. The van der Waals surface area contributed by atoms with Crippen LogP contribution in [0.3, 0.4) is 0 Å². The minimum absolute atomic E-state index is 0.854. The Labute approximate surface area is 114 Å². The van der Waals surface area contributed by atoms with Crippen LogP contribution < -0.4 is 4.90 Å². The lowest BCUT2D eigenvalue weighted by molar-refractivity contribution is -0.131. The molecule has 0 spiro atoms. The van der Waals surface area contributed by atoms with Gasteiger partial charge in [-0.15, -0.1) is 0 Å². The summed E-state index contributed by atoms with van der Waals surface area (Å²) >= 11 is 0. The molecular formula is C14H23N3O2. The zero-order chi connectivity index (χ0) is 14.4. The van der Waals surface area contributed by atoms with E-state index in [1.165, 1.54) is 6.08 Å². The van der Waals surface area contributed by atoms with Crippen LogP contribution >= 0.6 is 0 Å². The number of nitrogens with zero attached hydrogens (tertiary/aromatic N) is 3. The number of hydrogen-bond donors (Lipinski definition) is 1. The summed E-state index contributed by atoms with van der Waals surface area (Å²) in [7, 11) is 1.90. The molecule has 0 atom stereocenters. The Morgan fingerprint density at radius 1 is 1.37 bits per heavy atom. The number of aryl methyl sites for hydroxylation is 2. The molecule has 0 aliphatic rings. The van der Waals surface area contributed by atoms with E-state index in [-0.39, 0.29) is 0 Å². The molecule has 0 saturated carbocycles. The molecule has 19 heavy (non-hydrogen) atoms. The van der Waals surface area contributed by atoms with Crippen LogP contribution in [0.4, 0.5) is 5.82 Å². The first-order valence-corrected chi connectivity index (χ1v) is 6.70. The van der Waals surface area contributed by atoms with Crippen LogP contribution in [0.25, 0.3) is 6.08 Å². The monoisotopic (exact) mass is 265 g/mol. The standard InChI is InChI=1S/C14H23N3O2/c1-5-9-17(10-6-2)14-12(7-8-13(18)19)11(3)15-16(14)4/h7-8H,5-6,9-10H2,1-4H3,(H,18,19)/b8-7+. The first-order valence-electron chi connectivity index (χ1n) is 6.70. The van der Waals surface area contributed by atoms with Crippen molar-refractivity contribution in [2.24, 2.45) is 7.05 Å². The number of aliphatic carboxylic acids is 1. The summed E-state index contributed by atoms with van der Waals surface area (Å²) < 4.78 is 1.84. The maximum absolute atomic E-state index is 10.7. The number of anilines is 1. The lowest BCUT2D eigenvalue weighted by Crippen LogP contribution is -2.27. The third-order valence-electron chi connectivity index (χ3n) is 2.92. The maximum atomic E-state index is 10.7. The molecule has 1 N–H and O–H groups in total. The molecule has 0 radical (unpaired) electrons. The van der Waals surface area contributed by atoms with Crippen molar-refractivity contribution >= 4 is 17.9 Å². The SMILES string of the molecule is CCCN(CCC)c1c(/C=C/C(=O)O)c(C)nn1C. The first kappa shape index (κ1) is 15.3. The van der Waals surface area contributed by atoms with E-state index in [9.17, 15) is 4.79 Å². The van der Waals surface area contributed by atoms with E-state index >= 15 is 0 Å². The van der Waals surface area contributed by atoms with Crippen molar-refractivity contribution in [2.75, 3.05) is 18.0 Å². The second kappa shape index (κ2) is 6.97. The Morgan fingerprint density at radius 2 is 1.95 bits per heavy atom. The highest BCUT2D eigenvalue weighted by molar-refractivity contribution is 5.87. The number of carboxylic acid groups (broad SMARTS) is 1. The van der Waals surface area contributed by atoms with Crippen LogP contribution in [0.15, 0.2) is 6.08 Å². The minimum Gasteiger partial charge on any atom is -0.478 e. The van der Waals surface area contributed by atoms with Gasteiger partial charge in [-0.3, -0.25) is 4.68 Å². The van der Waals surface area contributed by atoms with Crippen molar-refractivity contribution < 1.29 is 9.90 Å². The molecule has 0 fully saturated rings. The lowest BCUT2D eigenvalue weighted by atomic mass is 10.2. The van der Waals surface area contributed by atoms with Gasteiger partial charge in [0.15, 0.2) is 0 Å². The van der Waals surface area contributed by atoms with Gasteiger partial charge in [0.05, 0.1) is 5.69 Å². The van der Waals surface area contributed by atoms with E-state index in [4.69, 9.17) is 5.11 Å². The molecule has 1 heterocycles. The Bertz CT molecular complexity index is 458. The summed E-state index contributed by atoms with van der Waals surface area (Å²) in [4.78, 5) is 13.0. The summed E-state index contributed by atoms with van der Waals surface area (Å²) in [6.07, 6.45) is 4.90. The van der Waals surface area contributed by atoms with E-state index in [2.05, 4.69) is 23.8 Å². The second-order valence-electron chi connectivity index (χ2n) is 4.60. The zero-order valence-electron chi connectivity index (χ0n) is 12.2. The quantitative estimate of drug-likeness (QED) is 0.769. The van der Waals surface area contributed by atoms with Crippen LogP contribution in [0.1, 0.15) is 37.9 Å². The predicted molar refractivity (Wildman–Crippen MR) is 77.4 cm³/mol. The van der Waals surface area contributed by atoms with Crippen LogP contribution in [0.5, 0.6) is 0 Å². The average Bonchev–Trinajstić information content (AvgIpc) is 2.61. The Hall–Kier alpha value is -1.78. The molecule has 106 valence electrons. The Kier molecular flexibility index (Phi) is 5.60. The summed E-state index contributed by atoms with van der Waals surface area (Å²) in [5.74, 6) is 0.0606. The van der Waals surface area contributed by atoms with Crippen molar-refractivity contribution in [3.63, 3.8) is 0 Å². The fourth-order valence-corrected chi connectivity index (χ4v) is 2.25. The highest BCUT2D eigenvalue weighted by Crippen LogP contribution is 2.25. The van der Waals surface area contributed by atoms with Gasteiger partial charge in [0, 0.05) is 31.8 Å². The number of carboxylic acids is 1. The summed E-state index contributed by atoms with van der Waals surface area (Å²) in [5.41, 5.74) is 1.75. The van der Waals surface area contributed by atoms with Gasteiger partial charge >= 0.3 is 5.97 Å². The van der Waals surface area contributed by atoms with Gasteiger partial charge < -0.3 is 10.0 Å². The van der Waals surface area contributed by atoms with E-state index < -0.39 is 5.97 Å². The van der Waals surface area contributed by atoms with Gasteiger partial charge in [0.2, 0.25) is 0 Å². The fraction of sp³-hybridized carbons (Fsp3) is 0.571. The molecule has 0 unspecified atom stereocenters. The van der Waals surface area contributed by atoms with Gasteiger partial charge in [0.25, 0.3) is 0 Å². The van der Waals surface area contributed by atoms with E-state index in [1.807, 2.05) is 18.7 Å². The molecule has 0 bridgehead atoms. The predicted octanol–water partition coefficient (Wildman–Crippen LogP) is 2.45. The second-order valence-corrected chi connectivity index (χ2v) is 4.60. The first-order chi connectivity index (χ1) is 9.01. The third kappa shape index (κ3) is 3.84. The van der Waals surface area contributed by atoms with Crippen LogP contribution in [-0.4, -0.2) is 33.9 Å². The van der Waals surface area contributed by atoms with Gasteiger partial charge in [-0.2, -0.15) is 5.10 Å². The lowest BCUT2D eigenvalue weighted by Gasteiger charge is -2.24. The number of carbonyl (C=O) groups is 1. The third-order valence-corrected chi connectivity index (χ3v) is 2.92. The number of aromatic nitrogens is 2. The van der Waals surface area contributed by atoms with Crippen LogP contribution in [-0.2, 0) is 11.8 Å². The molecule has 0 aliphatic heterocycles. The van der Waals surface area contributed by atoms with Crippen molar-refractivity contribution in [1.29, 1.82) is 0 Å². The normalized spacial score (nSPS) is 11.2. The largest absolute Gasteiger partial charge is 0.478 e. The maximum Gasteiger partial charge on any atom is 0.328 e.